The molecule has 0 amide bonds. The summed E-state index contributed by atoms with van der Waals surface area (Å²) in [6, 6.07) is 3.38. The lowest BCUT2D eigenvalue weighted by Gasteiger charge is -2.11. The molecule has 18 heavy (non-hydrogen) atoms. The molecular weight excluding hydrogens is 320 g/mol. The van der Waals surface area contributed by atoms with Gasteiger partial charge in [-0.1, -0.05) is 11.6 Å². The number of benzene rings is 1. The van der Waals surface area contributed by atoms with Crippen LogP contribution in [0.1, 0.15) is 12.7 Å². The number of hydrogen-bond donors (Lipinski definition) is 1. The number of nitrogens with two attached hydrogens (primary N) is 1. The van der Waals surface area contributed by atoms with Crippen LogP contribution in [0.3, 0.4) is 0 Å². The highest BCUT2D eigenvalue weighted by molar-refractivity contribution is 9.10. The molecule has 5 nitrogen and oxygen atoms in total. The molecule has 0 fully saturated rings. The zero-order chi connectivity index (χ0) is 13.1. The van der Waals surface area contributed by atoms with E-state index in [-0.39, 0.29) is 0 Å². The topological polar surface area (TPSA) is 66.0 Å². The molecule has 0 aliphatic carbocycles. The lowest BCUT2D eigenvalue weighted by molar-refractivity contribution is 0.287. The molecule has 0 aliphatic rings. The molecule has 2 aromatic rings. The minimum Gasteiger partial charge on any atom is -0.482 e. The van der Waals surface area contributed by atoms with Gasteiger partial charge in [0.15, 0.2) is 11.6 Å². The molecule has 2 rings (SSSR count). The monoisotopic (exact) mass is 330 g/mol. The largest absolute Gasteiger partial charge is 0.482 e. The fraction of sp³-hybridized carbons (Fsp3) is 0.273. The van der Waals surface area contributed by atoms with Gasteiger partial charge in [0.25, 0.3) is 0 Å². The van der Waals surface area contributed by atoms with E-state index >= 15 is 0 Å². The van der Waals surface area contributed by atoms with E-state index in [4.69, 9.17) is 22.1 Å². The van der Waals surface area contributed by atoms with Crippen molar-refractivity contribution in [2.75, 3.05) is 5.73 Å². The van der Waals surface area contributed by atoms with E-state index in [9.17, 15) is 0 Å². The van der Waals surface area contributed by atoms with Crippen LogP contribution in [0, 0.1) is 0 Å². The summed E-state index contributed by atoms with van der Waals surface area (Å²) in [4.78, 5) is 4.12. The minimum atomic E-state index is 0.304. The number of hydrogen-bond acceptors (Lipinski definition) is 4. The maximum atomic E-state index is 5.88. The molecule has 96 valence electrons. The third-order valence-electron chi connectivity index (χ3n) is 2.38. The molecule has 0 spiro atoms. The Hall–Kier alpha value is -1.27. The number of rotatable bonds is 4. The third kappa shape index (κ3) is 2.76. The average Bonchev–Trinajstić information content (AvgIpc) is 2.75. The highest BCUT2D eigenvalue weighted by Gasteiger charge is 2.10. The molecule has 0 saturated heterocycles. The summed E-state index contributed by atoms with van der Waals surface area (Å²) in [6.07, 6.45) is 1.50. The molecule has 0 radical (unpaired) electrons. The van der Waals surface area contributed by atoms with E-state index in [2.05, 4.69) is 26.0 Å². The zero-order valence-corrected chi connectivity index (χ0v) is 12.1. The van der Waals surface area contributed by atoms with E-state index in [0.29, 0.717) is 23.1 Å². The standard InChI is InChI=1S/C11H12BrClN4O/c1-2-17-10(15-6-16-17)5-18-11-8(12)3-7(13)4-9(11)14/h3-4,6H,2,5,14H2,1H3. The second-order valence-electron chi connectivity index (χ2n) is 3.59. The molecular formula is C11H12BrClN4O. The molecule has 0 bridgehead atoms. The first-order valence-electron chi connectivity index (χ1n) is 5.35. The van der Waals surface area contributed by atoms with E-state index < -0.39 is 0 Å². The average molecular weight is 332 g/mol. The quantitative estimate of drug-likeness (QED) is 0.875. The molecule has 2 N–H and O–H groups in total. The molecule has 1 aromatic carbocycles. The van der Waals surface area contributed by atoms with Crippen molar-refractivity contribution in [1.29, 1.82) is 0 Å². The second-order valence-corrected chi connectivity index (χ2v) is 4.88. The van der Waals surface area contributed by atoms with E-state index in [1.54, 1.807) is 16.8 Å². The first-order valence-corrected chi connectivity index (χ1v) is 6.53. The number of nitrogen functional groups attached to an aromatic ring is 1. The zero-order valence-electron chi connectivity index (χ0n) is 9.73. The van der Waals surface area contributed by atoms with Crippen molar-refractivity contribution in [3.05, 3.63) is 33.8 Å². The van der Waals surface area contributed by atoms with E-state index in [0.717, 1.165) is 16.8 Å². The highest BCUT2D eigenvalue weighted by Crippen LogP contribution is 2.34. The Morgan fingerprint density at radius 2 is 2.28 bits per heavy atom. The van der Waals surface area contributed by atoms with Gasteiger partial charge < -0.3 is 10.5 Å². The summed E-state index contributed by atoms with van der Waals surface area (Å²) in [7, 11) is 0. The predicted octanol–water partition coefficient (Wildman–Crippen LogP) is 2.88. The van der Waals surface area contributed by atoms with Gasteiger partial charge in [-0.05, 0) is 35.0 Å². The SMILES string of the molecule is CCn1ncnc1COc1c(N)cc(Cl)cc1Br. The van der Waals surface area contributed by atoms with Crippen LogP contribution >= 0.6 is 27.5 Å². The number of ether oxygens (including phenoxy) is 1. The van der Waals surface area contributed by atoms with Crippen molar-refractivity contribution in [3.8, 4) is 5.75 Å². The van der Waals surface area contributed by atoms with Crippen LogP contribution in [-0.2, 0) is 13.2 Å². The van der Waals surface area contributed by atoms with E-state index in [1.165, 1.54) is 6.33 Å². The van der Waals surface area contributed by atoms with Crippen molar-refractivity contribution in [2.24, 2.45) is 0 Å². The fourth-order valence-electron chi connectivity index (χ4n) is 1.53. The second kappa shape index (κ2) is 5.58. The van der Waals surface area contributed by atoms with Crippen molar-refractivity contribution in [2.45, 2.75) is 20.1 Å². The molecule has 0 saturated carbocycles. The first kappa shape index (κ1) is 13.2. The summed E-state index contributed by atoms with van der Waals surface area (Å²) in [6.45, 7) is 3.04. The smallest absolute Gasteiger partial charge is 0.164 e. The number of nitrogens with zero attached hydrogens (tertiary/aromatic N) is 3. The van der Waals surface area contributed by atoms with Gasteiger partial charge in [0.05, 0.1) is 10.2 Å². The molecule has 7 heteroatoms. The Kier molecular flexibility index (Phi) is 4.08. The van der Waals surface area contributed by atoms with Gasteiger partial charge in [0.2, 0.25) is 0 Å². The lowest BCUT2D eigenvalue weighted by atomic mass is 10.3. The van der Waals surface area contributed by atoms with Gasteiger partial charge in [0.1, 0.15) is 12.9 Å². The number of aromatic nitrogens is 3. The van der Waals surface area contributed by atoms with Crippen LogP contribution in [-0.4, -0.2) is 14.8 Å². The Labute approximate surface area is 118 Å². The summed E-state index contributed by atoms with van der Waals surface area (Å²) < 4.78 is 8.14. The van der Waals surface area contributed by atoms with Gasteiger partial charge >= 0.3 is 0 Å². The summed E-state index contributed by atoms with van der Waals surface area (Å²) in [5.41, 5.74) is 6.33. The van der Waals surface area contributed by atoms with Crippen LogP contribution in [0.15, 0.2) is 22.9 Å². The Bertz CT molecular complexity index is 535. The normalized spacial score (nSPS) is 10.6. The van der Waals surface area contributed by atoms with Crippen molar-refractivity contribution >= 4 is 33.2 Å². The summed E-state index contributed by atoms with van der Waals surface area (Å²) in [5, 5.41) is 4.63. The molecule has 1 heterocycles. The summed E-state index contributed by atoms with van der Waals surface area (Å²) >= 11 is 9.24. The molecule has 0 unspecified atom stereocenters. The van der Waals surface area contributed by atoms with Gasteiger partial charge in [-0.25, -0.2) is 9.67 Å². The maximum Gasteiger partial charge on any atom is 0.164 e. The Morgan fingerprint density at radius 3 is 2.94 bits per heavy atom. The molecule has 0 aliphatic heterocycles. The summed E-state index contributed by atoms with van der Waals surface area (Å²) in [5.74, 6) is 1.31. The van der Waals surface area contributed by atoms with Gasteiger partial charge in [0, 0.05) is 11.6 Å². The molecule has 1 aromatic heterocycles. The highest BCUT2D eigenvalue weighted by atomic mass is 79.9. The van der Waals surface area contributed by atoms with E-state index in [1.807, 2.05) is 6.92 Å². The Morgan fingerprint density at radius 1 is 1.50 bits per heavy atom. The third-order valence-corrected chi connectivity index (χ3v) is 3.19. The number of halogens is 2. The van der Waals surface area contributed by atoms with Gasteiger partial charge in [-0.3, -0.25) is 0 Å². The van der Waals surface area contributed by atoms with Crippen LogP contribution in [0.5, 0.6) is 5.75 Å². The van der Waals surface area contributed by atoms with Crippen molar-refractivity contribution < 1.29 is 4.74 Å². The van der Waals surface area contributed by atoms with Crippen LogP contribution < -0.4 is 10.5 Å². The number of aryl methyl sites for hydroxylation is 1. The fourth-order valence-corrected chi connectivity index (χ4v) is 2.48. The van der Waals surface area contributed by atoms with Gasteiger partial charge in [-0.2, -0.15) is 5.10 Å². The Balaban J connectivity index is 2.16. The van der Waals surface area contributed by atoms with Crippen molar-refractivity contribution in [1.82, 2.24) is 14.8 Å². The van der Waals surface area contributed by atoms with Gasteiger partial charge in [-0.15, -0.1) is 0 Å². The van der Waals surface area contributed by atoms with Crippen LogP contribution in [0.25, 0.3) is 0 Å². The van der Waals surface area contributed by atoms with Crippen LogP contribution in [0.2, 0.25) is 5.02 Å². The van der Waals surface area contributed by atoms with Crippen molar-refractivity contribution in [3.63, 3.8) is 0 Å². The minimum absolute atomic E-state index is 0.304. The maximum absolute atomic E-state index is 5.88. The van der Waals surface area contributed by atoms with Crippen LogP contribution in [0.4, 0.5) is 5.69 Å². The molecule has 0 atom stereocenters. The first-order chi connectivity index (χ1) is 8.61. The number of anilines is 1. The lowest BCUT2D eigenvalue weighted by Crippen LogP contribution is -2.08. The predicted molar refractivity (Wildman–Crippen MR) is 73.6 cm³/mol.